The van der Waals surface area contributed by atoms with Gasteiger partial charge in [-0.15, -0.1) is 24.8 Å². The number of para-hydroxylation sites is 1. The van der Waals surface area contributed by atoms with Crippen LogP contribution in [0.3, 0.4) is 0 Å². The molecule has 1 aromatic carbocycles. The molecule has 0 atom stereocenters. The lowest BCUT2D eigenvalue weighted by Crippen LogP contribution is -2.49. The van der Waals surface area contributed by atoms with Crippen molar-refractivity contribution >= 4 is 35.7 Å². The Hall–Kier alpha value is -1.14. The number of fused-ring (bicyclic) bond motifs is 1. The van der Waals surface area contributed by atoms with Crippen molar-refractivity contribution in [3.05, 3.63) is 40.9 Å². The molecule has 0 saturated carbocycles. The fraction of sp³-hybridized carbons (Fsp3) is 0.500. The molecule has 7 heteroatoms. The van der Waals surface area contributed by atoms with Gasteiger partial charge in [-0.25, -0.2) is 4.98 Å². The van der Waals surface area contributed by atoms with Crippen molar-refractivity contribution in [2.75, 3.05) is 26.2 Å². The molecule has 3 rings (SSSR count). The van der Waals surface area contributed by atoms with Gasteiger partial charge in [-0.1, -0.05) is 12.1 Å². The smallest absolute Gasteiger partial charge is 0.262 e. The molecule has 5 nitrogen and oxygen atoms in total. The first-order valence-corrected chi connectivity index (χ1v) is 7.56. The number of hydrogen-bond donors (Lipinski definition) is 0. The highest BCUT2D eigenvalue weighted by molar-refractivity contribution is 5.85. The van der Waals surface area contributed by atoms with Crippen LogP contribution in [0.25, 0.3) is 10.9 Å². The first-order valence-electron chi connectivity index (χ1n) is 7.56. The molecule has 128 valence electrons. The van der Waals surface area contributed by atoms with E-state index >= 15 is 0 Å². The zero-order chi connectivity index (χ0) is 14.8. The molecule has 0 amide bonds. The molecule has 0 bridgehead atoms. The highest BCUT2D eigenvalue weighted by atomic mass is 35.5. The summed E-state index contributed by atoms with van der Waals surface area (Å²) in [5, 5.41) is 0.695. The molecule has 1 fully saturated rings. The van der Waals surface area contributed by atoms with Gasteiger partial charge in [0.2, 0.25) is 0 Å². The summed E-state index contributed by atoms with van der Waals surface area (Å²) in [6.07, 6.45) is 1.67. The van der Waals surface area contributed by atoms with E-state index in [9.17, 15) is 4.79 Å². The van der Waals surface area contributed by atoms with Gasteiger partial charge in [0.15, 0.2) is 0 Å². The molecule has 1 aliphatic rings. The molecule has 2 heterocycles. The standard InChI is InChI=1S/C16H22N4O.2ClH/c1-13(2)19-9-7-18(8-10-19)12-20-11-17-15-6-4-3-5-14(15)16(20)21;;/h3-6,11,13H,7-10,12H2,1-2H3;2*1H. The highest BCUT2D eigenvalue weighted by Crippen LogP contribution is 2.08. The average molecular weight is 359 g/mol. The number of nitrogens with zero attached hydrogens (tertiary/aromatic N) is 4. The van der Waals surface area contributed by atoms with Crippen LogP contribution < -0.4 is 5.56 Å². The summed E-state index contributed by atoms with van der Waals surface area (Å²) in [5.74, 6) is 0. The van der Waals surface area contributed by atoms with E-state index in [-0.39, 0.29) is 30.4 Å². The molecular weight excluding hydrogens is 335 g/mol. The summed E-state index contributed by atoms with van der Waals surface area (Å²) >= 11 is 0. The lowest BCUT2D eigenvalue weighted by atomic mass is 10.2. The van der Waals surface area contributed by atoms with Crippen LogP contribution >= 0.6 is 24.8 Å². The van der Waals surface area contributed by atoms with Crippen molar-refractivity contribution in [3.8, 4) is 0 Å². The zero-order valence-corrected chi connectivity index (χ0v) is 15.1. The number of benzene rings is 1. The van der Waals surface area contributed by atoms with Crippen LogP contribution in [0.1, 0.15) is 13.8 Å². The normalized spacial score (nSPS) is 16.1. The first kappa shape index (κ1) is 19.9. The quantitative estimate of drug-likeness (QED) is 0.843. The molecule has 0 spiro atoms. The maximum atomic E-state index is 12.5. The number of piperazine rings is 1. The van der Waals surface area contributed by atoms with Gasteiger partial charge in [-0.3, -0.25) is 19.2 Å². The van der Waals surface area contributed by atoms with Crippen molar-refractivity contribution in [2.45, 2.75) is 26.6 Å². The third kappa shape index (κ3) is 4.44. The Morgan fingerprint density at radius 1 is 1.09 bits per heavy atom. The maximum absolute atomic E-state index is 12.5. The number of aromatic nitrogens is 2. The van der Waals surface area contributed by atoms with E-state index in [1.807, 2.05) is 24.3 Å². The molecule has 0 aliphatic carbocycles. The summed E-state index contributed by atoms with van der Waals surface area (Å²) in [6.45, 7) is 9.21. The summed E-state index contributed by atoms with van der Waals surface area (Å²) in [7, 11) is 0. The van der Waals surface area contributed by atoms with E-state index < -0.39 is 0 Å². The number of rotatable bonds is 3. The van der Waals surface area contributed by atoms with Crippen LogP contribution in [0.5, 0.6) is 0 Å². The second kappa shape index (κ2) is 8.64. The minimum atomic E-state index is 0. The van der Waals surface area contributed by atoms with Gasteiger partial charge >= 0.3 is 0 Å². The molecule has 0 unspecified atom stereocenters. The van der Waals surface area contributed by atoms with E-state index in [1.165, 1.54) is 0 Å². The van der Waals surface area contributed by atoms with Crippen molar-refractivity contribution in [2.24, 2.45) is 0 Å². The molecule has 0 N–H and O–H groups in total. The highest BCUT2D eigenvalue weighted by Gasteiger charge is 2.19. The van der Waals surface area contributed by atoms with Crippen LogP contribution in [0.2, 0.25) is 0 Å². The van der Waals surface area contributed by atoms with E-state index in [4.69, 9.17) is 0 Å². The van der Waals surface area contributed by atoms with Crippen LogP contribution in [-0.4, -0.2) is 51.6 Å². The van der Waals surface area contributed by atoms with Crippen LogP contribution in [0, 0.1) is 0 Å². The van der Waals surface area contributed by atoms with Crippen molar-refractivity contribution < 1.29 is 0 Å². The van der Waals surface area contributed by atoms with E-state index in [1.54, 1.807) is 10.9 Å². The molecule has 0 radical (unpaired) electrons. The molecule has 1 aromatic heterocycles. The fourth-order valence-electron chi connectivity index (χ4n) is 2.84. The van der Waals surface area contributed by atoms with Crippen molar-refractivity contribution in [1.82, 2.24) is 19.4 Å². The van der Waals surface area contributed by atoms with Crippen LogP contribution in [-0.2, 0) is 6.67 Å². The van der Waals surface area contributed by atoms with Gasteiger partial charge in [0.1, 0.15) is 0 Å². The Morgan fingerprint density at radius 2 is 1.74 bits per heavy atom. The monoisotopic (exact) mass is 358 g/mol. The Kier molecular flexibility index (Phi) is 7.48. The summed E-state index contributed by atoms with van der Waals surface area (Å²) in [5.41, 5.74) is 0.815. The minimum Gasteiger partial charge on any atom is -0.298 e. The van der Waals surface area contributed by atoms with Gasteiger partial charge in [-0.2, -0.15) is 0 Å². The largest absolute Gasteiger partial charge is 0.298 e. The molecule has 1 saturated heterocycles. The Balaban J connectivity index is 0.00000132. The van der Waals surface area contributed by atoms with Gasteiger partial charge in [0, 0.05) is 32.2 Å². The Bertz CT molecular complexity index is 681. The Morgan fingerprint density at radius 3 is 2.39 bits per heavy atom. The van der Waals surface area contributed by atoms with Crippen LogP contribution in [0.4, 0.5) is 0 Å². The molecular formula is C16H24Cl2N4O. The fourth-order valence-corrected chi connectivity index (χ4v) is 2.84. The topological polar surface area (TPSA) is 41.4 Å². The average Bonchev–Trinajstić information content (AvgIpc) is 2.51. The van der Waals surface area contributed by atoms with Crippen molar-refractivity contribution in [1.29, 1.82) is 0 Å². The van der Waals surface area contributed by atoms with E-state index in [0.29, 0.717) is 18.1 Å². The second-order valence-corrected chi connectivity index (χ2v) is 5.93. The molecule has 1 aliphatic heterocycles. The third-order valence-electron chi connectivity index (χ3n) is 4.22. The lowest BCUT2D eigenvalue weighted by Gasteiger charge is -2.36. The van der Waals surface area contributed by atoms with Crippen LogP contribution in [0.15, 0.2) is 35.4 Å². The Labute approximate surface area is 149 Å². The minimum absolute atomic E-state index is 0. The number of hydrogen-bond acceptors (Lipinski definition) is 4. The maximum Gasteiger partial charge on any atom is 0.262 e. The van der Waals surface area contributed by atoms with Gasteiger partial charge in [0.25, 0.3) is 5.56 Å². The first-order chi connectivity index (χ1) is 10.1. The summed E-state index contributed by atoms with van der Waals surface area (Å²) in [6, 6.07) is 8.11. The van der Waals surface area contributed by atoms with Gasteiger partial charge in [-0.05, 0) is 26.0 Å². The van der Waals surface area contributed by atoms with Gasteiger partial charge in [0.05, 0.1) is 23.9 Å². The predicted molar refractivity (Wildman–Crippen MR) is 98.8 cm³/mol. The molecule has 23 heavy (non-hydrogen) atoms. The van der Waals surface area contributed by atoms with E-state index in [0.717, 1.165) is 31.7 Å². The second-order valence-electron chi connectivity index (χ2n) is 5.93. The summed E-state index contributed by atoms with van der Waals surface area (Å²) < 4.78 is 1.72. The van der Waals surface area contributed by atoms with Crippen molar-refractivity contribution in [3.63, 3.8) is 0 Å². The number of halogens is 2. The summed E-state index contributed by atoms with van der Waals surface area (Å²) in [4.78, 5) is 21.6. The SMILES string of the molecule is CC(C)N1CCN(Cn2cnc3ccccc3c2=O)CC1.Cl.Cl. The predicted octanol–water partition coefficient (Wildman–Crippen LogP) is 2.22. The zero-order valence-electron chi connectivity index (χ0n) is 13.5. The van der Waals surface area contributed by atoms with Gasteiger partial charge < -0.3 is 0 Å². The molecule has 2 aromatic rings. The van der Waals surface area contributed by atoms with E-state index in [2.05, 4.69) is 28.6 Å². The third-order valence-corrected chi connectivity index (χ3v) is 4.22. The lowest BCUT2D eigenvalue weighted by molar-refractivity contribution is 0.0868.